The van der Waals surface area contributed by atoms with E-state index in [9.17, 15) is 0 Å². The summed E-state index contributed by atoms with van der Waals surface area (Å²) in [6, 6.07) is 0. The summed E-state index contributed by atoms with van der Waals surface area (Å²) < 4.78 is 0.982. The number of fused-ring (bicyclic) bond motifs is 1. The molecule has 2 aromatic heterocycles. The fourth-order valence-corrected chi connectivity index (χ4v) is 1.72. The van der Waals surface area contributed by atoms with Crippen molar-refractivity contribution in [2.24, 2.45) is 5.73 Å². The van der Waals surface area contributed by atoms with Crippen LogP contribution in [0.25, 0.3) is 10.3 Å². The van der Waals surface area contributed by atoms with Crippen molar-refractivity contribution in [3.63, 3.8) is 0 Å². The maximum Gasteiger partial charge on any atom is 0.175 e. The zero-order chi connectivity index (χ0) is 9.10. The maximum absolute atomic E-state index is 5.38. The van der Waals surface area contributed by atoms with Crippen LogP contribution in [0.15, 0.2) is 11.8 Å². The molecule has 3 N–H and O–H groups in total. The zero-order valence-corrected chi connectivity index (χ0v) is 7.71. The molecule has 5 nitrogen and oxygen atoms in total. The van der Waals surface area contributed by atoms with Gasteiger partial charge in [0.05, 0.1) is 5.51 Å². The number of hydrogen-bond acceptors (Lipinski definition) is 6. The SMILES string of the molecule is NCCNc1ncnc2ncsc12. The second-order valence-electron chi connectivity index (χ2n) is 2.44. The minimum Gasteiger partial charge on any atom is -0.367 e. The molecule has 0 spiro atoms. The lowest BCUT2D eigenvalue weighted by Gasteiger charge is -2.02. The van der Waals surface area contributed by atoms with Gasteiger partial charge in [0.1, 0.15) is 16.8 Å². The second-order valence-corrected chi connectivity index (χ2v) is 3.30. The van der Waals surface area contributed by atoms with Crippen molar-refractivity contribution < 1.29 is 0 Å². The molecule has 0 saturated carbocycles. The third kappa shape index (κ3) is 1.58. The van der Waals surface area contributed by atoms with E-state index in [1.54, 1.807) is 5.51 Å². The molecule has 0 radical (unpaired) electrons. The van der Waals surface area contributed by atoms with Crippen LogP contribution in [0, 0.1) is 0 Å². The summed E-state index contributed by atoms with van der Waals surface area (Å²) in [6.45, 7) is 1.30. The lowest BCUT2D eigenvalue weighted by atomic mass is 10.5. The Hall–Kier alpha value is -1.27. The monoisotopic (exact) mass is 195 g/mol. The van der Waals surface area contributed by atoms with E-state index < -0.39 is 0 Å². The van der Waals surface area contributed by atoms with Gasteiger partial charge in [-0.1, -0.05) is 0 Å². The number of rotatable bonds is 3. The predicted octanol–water partition coefficient (Wildman–Crippen LogP) is 0.457. The third-order valence-electron chi connectivity index (χ3n) is 1.57. The van der Waals surface area contributed by atoms with Crippen molar-refractivity contribution in [3.8, 4) is 0 Å². The molecular weight excluding hydrogens is 186 g/mol. The smallest absolute Gasteiger partial charge is 0.175 e. The van der Waals surface area contributed by atoms with Crippen LogP contribution in [0.2, 0.25) is 0 Å². The first-order valence-electron chi connectivity index (χ1n) is 3.90. The van der Waals surface area contributed by atoms with Crippen LogP contribution < -0.4 is 11.1 Å². The van der Waals surface area contributed by atoms with E-state index in [0.717, 1.165) is 16.2 Å². The first-order valence-corrected chi connectivity index (χ1v) is 4.78. The van der Waals surface area contributed by atoms with Gasteiger partial charge in [0.25, 0.3) is 0 Å². The molecule has 2 rings (SSSR count). The van der Waals surface area contributed by atoms with Crippen molar-refractivity contribution in [2.75, 3.05) is 18.4 Å². The summed E-state index contributed by atoms with van der Waals surface area (Å²) in [4.78, 5) is 12.2. The molecule has 68 valence electrons. The molecular formula is C7H9N5S. The highest BCUT2D eigenvalue weighted by molar-refractivity contribution is 7.17. The Morgan fingerprint density at radius 1 is 1.38 bits per heavy atom. The molecule has 2 heterocycles. The highest BCUT2D eigenvalue weighted by Gasteiger charge is 2.03. The van der Waals surface area contributed by atoms with E-state index in [0.29, 0.717) is 13.1 Å². The van der Waals surface area contributed by atoms with Gasteiger partial charge in [0.2, 0.25) is 0 Å². The van der Waals surface area contributed by atoms with Gasteiger partial charge in [-0.15, -0.1) is 11.3 Å². The lowest BCUT2D eigenvalue weighted by molar-refractivity contribution is 1.01. The summed E-state index contributed by atoms with van der Waals surface area (Å²) in [5, 5.41) is 3.12. The average molecular weight is 195 g/mol. The maximum atomic E-state index is 5.38. The predicted molar refractivity (Wildman–Crippen MR) is 52.8 cm³/mol. The van der Waals surface area contributed by atoms with Crippen LogP contribution >= 0.6 is 11.3 Å². The van der Waals surface area contributed by atoms with E-state index in [1.165, 1.54) is 17.7 Å². The summed E-state index contributed by atoms with van der Waals surface area (Å²) in [5.41, 5.74) is 7.87. The summed E-state index contributed by atoms with van der Waals surface area (Å²) in [5.74, 6) is 0.818. The number of nitrogens with one attached hydrogen (secondary N) is 1. The van der Waals surface area contributed by atoms with Crippen molar-refractivity contribution in [1.82, 2.24) is 15.0 Å². The van der Waals surface area contributed by atoms with Gasteiger partial charge in [-0.3, -0.25) is 0 Å². The standard InChI is InChI=1S/C7H9N5S/c8-1-2-9-6-5-7(11-3-10-6)12-4-13-5/h3-4H,1-2,8H2,(H,9,10,11). The molecule has 2 aromatic rings. The Kier molecular flexibility index (Phi) is 2.33. The topological polar surface area (TPSA) is 76.7 Å². The van der Waals surface area contributed by atoms with Gasteiger partial charge < -0.3 is 11.1 Å². The number of aromatic nitrogens is 3. The molecule has 0 aromatic carbocycles. The van der Waals surface area contributed by atoms with Gasteiger partial charge in [0, 0.05) is 13.1 Å². The zero-order valence-electron chi connectivity index (χ0n) is 6.90. The highest BCUT2D eigenvalue weighted by atomic mass is 32.1. The molecule has 0 aliphatic carbocycles. The van der Waals surface area contributed by atoms with Crippen molar-refractivity contribution >= 4 is 27.5 Å². The first kappa shape index (κ1) is 8.33. The normalized spacial score (nSPS) is 10.5. The fraction of sp³-hybridized carbons (Fsp3) is 0.286. The van der Waals surface area contributed by atoms with Gasteiger partial charge >= 0.3 is 0 Å². The summed E-state index contributed by atoms with van der Waals surface area (Å²) >= 11 is 1.52. The Morgan fingerprint density at radius 3 is 3.15 bits per heavy atom. The summed E-state index contributed by atoms with van der Waals surface area (Å²) in [7, 11) is 0. The Labute approximate surface area is 79.0 Å². The molecule has 0 bridgehead atoms. The number of nitrogens with zero attached hydrogens (tertiary/aromatic N) is 3. The lowest BCUT2D eigenvalue weighted by Crippen LogP contribution is -2.13. The van der Waals surface area contributed by atoms with Crippen LogP contribution in [-0.4, -0.2) is 28.0 Å². The molecule has 0 fully saturated rings. The number of hydrogen-bond donors (Lipinski definition) is 2. The number of thiazole rings is 1. The fourth-order valence-electron chi connectivity index (χ4n) is 1.01. The van der Waals surface area contributed by atoms with Crippen LogP contribution in [0.5, 0.6) is 0 Å². The first-order chi connectivity index (χ1) is 6.42. The van der Waals surface area contributed by atoms with E-state index >= 15 is 0 Å². The molecule has 0 amide bonds. The molecule has 6 heteroatoms. The Morgan fingerprint density at radius 2 is 2.31 bits per heavy atom. The van der Waals surface area contributed by atoms with Crippen molar-refractivity contribution in [3.05, 3.63) is 11.8 Å². The molecule has 0 aliphatic rings. The average Bonchev–Trinajstić information content (AvgIpc) is 2.62. The van der Waals surface area contributed by atoms with Gasteiger partial charge in [-0.25, -0.2) is 15.0 Å². The van der Waals surface area contributed by atoms with E-state index in [2.05, 4.69) is 20.3 Å². The van der Waals surface area contributed by atoms with E-state index in [-0.39, 0.29) is 0 Å². The van der Waals surface area contributed by atoms with E-state index in [4.69, 9.17) is 5.73 Å². The van der Waals surface area contributed by atoms with Crippen molar-refractivity contribution in [1.29, 1.82) is 0 Å². The second kappa shape index (κ2) is 3.63. The Balaban J connectivity index is 2.37. The van der Waals surface area contributed by atoms with Crippen LogP contribution in [-0.2, 0) is 0 Å². The summed E-state index contributed by atoms with van der Waals surface area (Å²) in [6.07, 6.45) is 1.50. The third-order valence-corrected chi connectivity index (χ3v) is 2.39. The molecule has 0 saturated heterocycles. The van der Waals surface area contributed by atoms with E-state index in [1.807, 2.05) is 0 Å². The van der Waals surface area contributed by atoms with Crippen molar-refractivity contribution in [2.45, 2.75) is 0 Å². The van der Waals surface area contributed by atoms with Crippen LogP contribution in [0.1, 0.15) is 0 Å². The largest absolute Gasteiger partial charge is 0.367 e. The van der Waals surface area contributed by atoms with Gasteiger partial charge in [0.15, 0.2) is 5.65 Å². The molecule has 0 aliphatic heterocycles. The van der Waals surface area contributed by atoms with Gasteiger partial charge in [-0.05, 0) is 0 Å². The van der Waals surface area contributed by atoms with Crippen LogP contribution in [0.4, 0.5) is 5.82 Å². The van der Waals surface area contributed by atoms with Gasteiger partial charge in [-0.2, -0.15) is 0 Å². The van der Waals surface area contributed by atoms with Crippen LogP contribution in [0.3, 0.4) is 0 Å². The minimum atomic E-state index is 0.588. The number of anilines is 1. The molecule has 0 unspecified atom stereocenters. The molecule has 13 heavy (non-hydrogen) atoms. The number of nitrogens with two attached hydrogens (primary N) is 1. The quantitative estimate of drug-likeness (QED) is 0.744. The minimum absolute atomic E-state index is 0.588. The Bertz CT molecular complexity index is 398. The highest BCUT2D eigenvalue weighted by Crippen LogP contribution is 2.21. The molecule has 0 atom stereocenters.